The zero-order valence-electron chi connectivity index (χ0n) is 12.2. The fourth-order valence-electron chi connectivity index (χ4n) is 1.95. The number of carbonyl (C=O) groups excluding carboxylic acids is 1. The highest BCUT2D eigenvalue weighted by atomic mass is 35.5. The minimum atomic E-state index is -0.346. The van der Waals surface area contributed by atoms with Gasteiger partial charge in [0.05, 0.1) is 20.6 Å². The second-order valence-electron chi connectivity index (χ2n) is 4.77. The summed E-state index contributed by atoms with van der Waals surface area (Å²) in [6.07, 6.45) is 0. The largest absolute Gasteiger partial charge is 0.289 e. The number of benzene rings is 1. The van der Waals surface area contributed by atoms with E-state index in [1.807, 2.05) is 43.3 Å². The van der Waals surface area contributed by atoms with E-state index < -0.39 is 0 Å². The molecule has 116 valence electrons. The van der Waals surface area contributed by atoms with E-state index in [0.717, 1.165) is 10.4 Å². The molecule has 7 heteroatoms. The number of rotatable bonds is 4. The fourth-order valence-corrected chi connectivity index (χ4v) is 2.94. The maximum absolute atomic E-state index is 12.1. The van der Waals surface area contributed by atoms with Crippen LogP contribution >= 0.6 is 22.9 Å². The number of nitrogens with one attached hydrogen (secondary N) is 2. The molecule has 0 aliphatic rings. The molecule has 2 N–H and O–H groups in total. The second-order valence-corrected chi connectivity index (χ2v) is 6.49. The van der Waals surface area contributed by atoms with Crippen molar-refractivity contribution < 1.29 is 4.79 Å². The molecule has 3 aromatic rings. The third kappa shape index (κ3) is 3.67. The Bertz CT molecular complexity index is 854. The Hall–Kier alpha value is -2.44. The van der Waals surface area contributed by atoms with E-state index in [1.165, 1.54) is 11.3 Å². The Morgan fingerprint density at radius 2 is 2.04 bits per heavy atom. The number of H-pyrrole nitrogens is 1. The highest BCUT2D eigenvalue weighted by Gasteiger charge is 2.11. The van der Waals surface area contributed by atoms with Gasteiger partial charge in [-0.15, -0.1) is 11.3 Å². The van der Waals surface area contributed by atoms with E-state index in [9.17, 15) is 4.79 Å². The molecule has 3 rings (SSSR count). The first-order valence-corrected chi connectivity index (χ1v) is 8.04. The average Bonchev–Trinajstić information content (AvgIpc) is 3.22. The third-order valence-corrected chi connectivity index (χ3v) is 4.49. The Morgan fingerprint density at radius 3 is 2.74 bits per heavy atom. The summed E-state index contributed by atoms with van der Waals surface area (Å²) in [6.45, 7) is 1.81. The number of thiophene rings is 1. The summed E-state index contributed by atoms with van der Waals surface area (Å²) < 4.78 is 0.682. The van der Waals surface area contributed by atoms with Crippen LogP contribution in [0, 0.1) is 0 Å². The molecule has 0 saturated carbocycles. The van der Waals surface area contributed by atoms with Crippen LogP contribution in [0.4, 0.5) is 0 Å². The monoisotopic (exact) mass is 344 g/mol. The molecule has 0 spiro atoms. The molecule has 0 fully saturated rings. The van der Waals surface area contributed by atoms with Crippen molar-refractivity contribution >= 4 is 34.6 Å². The lowest BCUT2D eigenvalue weighted by atomic mass is 10.1. The van der Waals surface area contributed by atoms with Gasteiger partial charge in [0.2, 0.25) is 0 Å². The molecular formula is C16H13ClN4OS. The molecule has 0 aliphatic carbocycles. The Balaban J connectivity index is 1.71. The maximum atomic E-state index is 12.1. The highest BCUT2D eigenvalue weighted by molar-refractivity contribution is 7.18. The third-order valence-electron chi connectivity index (χ3n) is 3.15. The van der Waals surface area contributed by atoms with Crippen LogP contribution < -0.4 is 5.43 Å². The number of hydrogen-bond acceptors (Lipinski definition) is 4. The van der Waals surface area contributed by atoms with Gasteiger partial charge in [-0.3, -0.25) is 9.89 Å². The predicted molar refractivity (Wildman–Crippen MR) is 93.0 cm³/mol. The smallest absolute Gasteiger partial charge is 0.272 e. The summed E-state index contributed by atoms with van der Waals surface area (Å²) in [7, 11) is 0. The normalized spacial score (nSPS) is 11.5. The van der Waals surface area contributed by atoms with Crippen LogP contribution in [0.2, 0.25) is 4.34 Å². The van der Waals surface area contributed by atoms with Gasteiger partial charge >= 0.3 is 0 Å². The van der Waals surface area contributed by atoms with Crippen LogP contribution in [0.5, 0.6) is 0 Å². The van der Waals surface area contributed by atoms with Crippen molar-refractivity contribution in [3.8, 4) is 11.3 Å². The van der Waals surface area contributed by atoms with Gasteiger partial charge < -0.3 is 0 Å². The summed E-state index contributed by atoms with van der Waals surface area (Å²) in [5, 5.41) is 11.0. The van der Waals surface area contributed by atoms with Crippen molar-refractivity contribution in [3.63, 3.8) is 0 Å². The van der Waals surface area contributed by atoms with Crippen LogP contribution in [0.15, 0.2) is 53.6 Å². The lowest BCUT2D eigenvalue weighted by Gasteiger charge is -1.98. The fraction of sp³-hybridized carbons (Fsp3) is 0.0625. The molecule has 1 amide bonds. The number of aromatic amines is 1. The van der Waals surface area contributed by atoms with Crippen molar-refractivity contribution in [2.75, 3.05) is 0 Å². The zero-order valence-corrected chi connectivity index (χ0v) is 13.8. The van der Waals surface area contributed by atoms with Crippen molar-refractivity contribution in [1.29, 1.82) is 0 Å². The molecular weight excluding hydrogens is 332 g/mol. The van der Waals surface area contributed by atoms with E-state index >= 15 is 0 Å². The quantitative estimate of drug-likeness (QED) is 0.555. The van der Waals surface area contributed by atoms with Crippen molar-refractivity contribution in [2.45, 2.75) is 6.92 Å². The first kappa shape index (κ1) is 15.5. The Kier molecular flexibility index (Phi) is 4.55. The van der Waals surface area contributed by atoms with Gasteiger partial charge in [-0.05, 0) is 25.1 Å². The van der Waals surface area contributed by atoms with Gasteiger partial charge in [-0.25, -0.2) is 5.43 Å². The molecule has 2 heterocycles. The molecule has 5 nitrogen and oxygen atoms in total. The lowest BCUT2D eigenvalue weighted by Crippen LogP contribution is -2.19. The number of halogens is 1. The summed E-state index contributed by atoms with van der Waals surface area (Å²) in [6, 6.07) is 15.0. The first-order valence-electron chi connectivity index (χ1n) is 6.84. The van der Waals surface area contributed by atoms with Crippen LogP contribution in [0.3, 0.4) is 0 Å². The van der Waals surface area contributed by atoms with Gasteiger partial charge in [-0.1, -0.05) is 41.9 Å². The summed E-state index contributed by atoms with van der Waals surface area (Å²) in [5.74, 6) is -0.346. The van der Waals surface area contributed by atoms with Gasteiger partial charge in [0, 0.05) is 5.56 Å². The van der Waals surface area contributed by atoms with E-state index in [4.69, 9.17) is 11.6 Å². The van der Waals surface area contributed by atoms with E-state index in [1.54, 1.807) is 12.1 Å². The van der Waals surface area contributed by atoms with E-state index in [2.05, 4.69) is 20.7 Å². The minimum absolute atomic E-state index is 0.346. The molecule has 0 radical (unpaired) electrons. The standard InChI is InChI=1S/C16H13ClN4OS/c1-10(14-7-8-15(17)23-14)18-21-16(22)13-9-12(19-20-13)11-5-3-2-4-6-11/h2-9H,1H3,(H,19,20)(H,21,22)/b18-10-. The van der Waals surface area contributed by atoms with Crippen molar-refractivity contribution in [2.24, 2.45) is 5.10 Å². The Labute approximate surface area is 142 Å². The molecule has 0 atom stereocenters. The van der Waals surface area contributed by atoms with Gasteiger partial charge in [0.15, 0.2) is 0 Å². The van der Waals surface area contributed by atoms with Crippen molar-refractivity contribution in [1.82, 2.24) is 15.6 Å². The summed E-state index contributed by atoms with van der Waals surface area (Å²) in [4.78, 5) is 13.0. The SMILES string of the molecule is C/C(=N/NC(=O)c1cc(-c2ccccc2)n[nH]1)c1ccc(Cl)s1. The Morgan fingerprint density at radius 1 is 1.26 bits per heavy atom. The number of amides is 1. The van der Waals surface area contributed by atoms with Crippen LogP contribution in [0.25, 0.3) is 11.3 Å². The van der Waals surface area contributed by atoms with Crippen LogP contribution in [0.1, 0.15) is 22.3 Å². The highest BCUT2D eigenvalue weighted by Crippen LogP contribution is 2.22. The number of carbonyl (C=O) groups is 1. The summed E-state index contributed by atoms with van der Waals surface area (Å²) >= 11 is 7.29. The number of hydrazone groups is 1. The minimum Gasteiger partial charge on any atom is -0.272 e. The maximum Gasteiger partial charge on any atom is 0.289 e. The molecule has 0 aliphatic heterocycles. The zero-order chi connectivity index (χ0) is 16.2. The molecule has 0 unspecified atom stereocenters. The average molecular weight is 345 g/mol. The van der Waals surface area contributed by atoms with Gasteiger partial charge in [0.1, 0.15) is 5.69 Å². The van der Waals surface area contributed by atoms with E-state index in [0.29, 0.717) is 21.4 Å². The summed E-state index contributed by atoms with van der Waals surface area (Å²) in [5.41, 5.74) is 5.21. The van der Waals surface area contributed by atoms with Gasteiger partial charge in [-0.2, -0.15) is 10.2 Å². The molecule has 0 bridgehead atoms. The second kappa shape index (κ2) is 6.76. The molecule has 23 heavy (non-hydrogen) atoms. The predicted octanol–water partition coefficient (Wildman–Crippen LogP) is 3.95. The van der Waals surface area contributed by atoms with Gasteiger partial charge in [0.25, 0.3) is 5.91 Å². The van der Waals surface area contributed by atoms with Crippen LogP contribution in [-0.2, 0) is 0 Å². The molecule has 2 aromatic heterocycles. The lowest BCUT2D eigenvalue weighted by molar-refractivity contribution is 0.0950. The number of nitrogens with zero attached hydrogens (tertiary/aromatic N) is 2. The molecule has 1 aromatic carbocycles. The van der Waals surface area contributed by atoms with E-state index in [-0.39, 0.29) is 5.91 Å². The number of aromatic nitrogens is 2. The molecule has 0 saturated heterocycles. The van der Waals surface area contributed by atoms with Crippen molar-refractivity contribution in [3.05, 3.63) is 63.4 Å². The topological polar surface area (TPSA) is 70.1 Å². The number of hydrogen-bond donors (Lipinski definition) is 2. The van der Waals surface area contributed by atoms with Crippen LogP contribution in [-0.4, -0.2) is 21.8 Å². The first-order chi connectivity index (χ1) is 11.1.